The van der Waals surface area contributed by atoms with Gasteiger partial charge in [0.2, 0.25) is 0 Å². The molecule has 0 amide bonds. The molecule has 0 saturated carbocycles. The first kappa shape index (κ1) is 23.2. The molecule has 0 spiro atoms. The van der Waals surface area contributed by atoms with Gasteiger partial charge in [0, 0.05) is 26.4 Å². The maximum absolute atomic E-state index is 6.51. The summed E-state index contributed by atoms with van der Waals surface area (Å²) in [7, 11) is 2.09. The normalized spacial score (nSPS) is 13.3. The Morgan fingerprint density at radius 2 is 0.826 bits per heavy atom. The minimum absolute atomic E-state index is 0.532. The van der Waals surface area contributed by atoms with Gasteiger partial charge in [-0.25, -0.2) is 0 Å². The van der Waals surface area contributed by atoms with Crippen LogP contribution in [0.15, 0.2) is 0 Å². The van der Waals surface area contributed by atoms with Crippen LogP contribution in [0.25, 0.3) is 0 Å². The van der Waals surface area contributed by atoms with Crippen LogP contribution in [-0.2, 0) is 21.8 Å². The van der Waals surface area contributed by atoms with E-state index in [-0.39, 0.29) is 0 Å². The van der Waals surface area contributed by atoms with Crippen LogP contribution in [0.5, 0.6) is 0 Å². The lowest BCUT2D eigenvalue weighted by Crippen LogP contribution is -2.66. The molecule has 7 nitrogen and oxygen atoms in total. The smallest absolute Gasteiger partial charge is 0.373 e. The number of hydrogen-bond donors (Lipinski definition) is 0. The highest BCUT2D eigenvalue weighted by molar-refractivity contribution is 6.75. The lowest BCUT2D eigenvalue weighted by atomic mass is 10.9. The van der Waals surface area contributed by atoms with Gasteiger partial charge in [0.25, 0.3) is 0 Å². The Balaban J connectivity index is 5.58. The lowest BCUT2D eigenvalue weighted by Gasteiger charge is -2.39. The molecule has 0 radical (unpaired) electrons. The molecule has 23 heavy (non-hydrogen) atoms. The van der Waals surface area contributed by atoms with E-state index in [1.165, 1.54) is 0 Å². The van der Waals surface area contributed by atoms with E-state index in [0.717, 1.165) is 0 Å². The topological polar surface area (TPSA) is 52.6 Å². The lowest BCUT2D eigenvalue weighted by molar-refractivity contribution is 0.0389. The van der Waals surface area contributed by atoms with Crippen molar-refractivity contribution < 1.29 is 21.8 Å². The highest BCUT2D eigenvalue weighted by Gasteiger charge is 2.54. The van der Waals surface area contributed by atoms with Gasteiger partial charge in [-0.3, -0.25) is 0 Å². The third-order valence-corrected chi connectivity index (χ3v) is 10.2. The first-order valence-corrected chi connectivity index (χ1v) is 12.2. The third kappa shape index (κ3) is 8.70. The minimum Gasteiger partial charge on any atom is -0.373 e. The highest BCUT2D eigenvalue weighted by Crippen LogP contribution is 2.21. The fourth-order valence-corrected chi connectivity index (χ4v) is 9.53. The minimum atomic E-state index is -2.92. The van der Waals surface area contributed by atoms with E-state index in [1.54, 1.807) is 0 Å². The third-order valence-electron chi connectivity index (χ3n) is 2.79. The average Bonchev–Trinajstić information content (AvgIpc) is 2.37. The Kier molecular flexibility index (Phi) is 11.7. The van der Waals surface area contributed by atoms with Gasteiger partial charge >= 0.3 is 17.6 Å². The second-order valence-corrected chi connectivity index (χ2v) is 11.0. The van der Waals surface area contributed by atoms with E-state index in [4.69, 9.17) is 21.8 Å². The van der Waals surface area contributed by atoms with E-state index in [2.05, 4.69) is 0 Å². The van der Waals surface area contributed by atoms with Gasteiger partial charge in [-0.1, -0.05) is 0 Å². The monoisotopic (exact) mass is 368 g/mol. The summed E-state index contributed by atoms with van der Waals surface area (Å²) in [4.78, 5) is 4.06. The van der Waals surface area contributed by atoms with Crippen LogP contribution in [0.1, 0.15) is 27.7 Å². The predicted molar refractivity (Wildman–Crippen MR) is 96.2 cm³/mol. The van der Waals surface area contributed by atoms with Crippen LogP contribution in [0, 0.1) is 0 Å². The van der Waals surface area contributed by atoms with Crippen molar-refractivity contribution in [2.45, 2.75) is 27.7 Å². The molecule has 0 N–H and O–H groups in total. The number of nitrogens with zero attached hydrogens (tertiary/aromatic N) is 2. The molecule has 0 aromatic rings. The highest BCUT2D eigenvalue weighted by atomic mass is 28.5. The molecule has 0 aliphatic rings. The zero-order valence-electron chi connectivity index (χ0n) is 16.2. The van der Waals surface area contributed by atoms with Gasteiger partial charge in [-0.2, -0.15) is 0 Å². The Hall–Kier alpha value is 0.154. The van der Waals surface area contributed by atoms with Gasteiger partial charge in [-0.15, -0.1) is 0 Å². The fourth-order valence-electron chi connectivity index (χ4n) is 2.34. The summed E-state index contributed by atoms with van der Waals surface area (Å²) in [5.41, 5.74) is 0. The predicted octanol–water partition coefficient (Wildman–Crippen LogP) is 1.23. The van der Waals surface area contributed by atoms with Gasteiger partial charge in [0.05, 0.1) is 12.3 Å². The first-order chi connectivity index (χ1) is 10.8. The number of hydrogen-bond acceptors (Lipinski definition) is 7. The second kappa shape index (κ2) is 11.7. The summed E-state index contributed by atoms with van der Waals surface area (Å²) in [6.07, 6.45) is 1.19. The summed E-state index contributed by atoms with van der Waals surface area (Å²) in [6, 6.07) is 0. The Morgan fingerprint density at radius 3 is 1.00 bits per heavy atom. The van der Waals surface area contributed by atoms with Crippen molar-refractivity contribution in [2.75, 3.05) is 67.0 Å². The molecule has 0 fully saturated rings. The molecule has 0 saturated heterocycles. The van der Waals surface area contributed by atoms with Gasteiger partial charge in [-0.05, 0) is 55.9 Å². The SMILES string of the molecule is CCO[Si](CN(C)C)(OCC)O[Si](CN(C)C)(OCC)OCC. The van der Waals surface area contributed by atoms with Crippen molar-refractivity contribution in [2.24, 2.45) is 0 Å². The van der Waals surface area contributed by atoms with Crippen molar-refractivity contribution >= 4 is 17.6 Å². The molecule has 0 aromatic carbocycles. The Morgan fingerprint density at radius 1 is 0.565 bits per heavy atom. The largest absolute Gasteiger partial charge is 0.508 e. The molecule has 0 aliphatic heterocycles. The first-order valence-electron chi connectivity index (χ1n) is 8.34. The van der Waals surface area contributed by atoms with Crippen molar-refractivity contribution in [1.29, 1.82) is 0 Å². The fraction of sp³-hybridized carbons (Fsp3) is 1.00. The van der Waals surface area contributed by atoms with Crippen molar-refractivity contribution in [3.63, 3.8) is 0 Å². The molecule has 0 aromatic heterocycles. The average molecular weight is 369 g/mol. The van der Waals surface area contributed by atoms with E-state index >= 15 is 0 Å². The summed E-state index contributed by atoms with van der Waals surface area (Å²) in [5, 5.41) is 0. The van der Waals surface area contributed by atoms with Gasteiger partial charge in [0.15, 0.2) is 0 Å². The zero-order valence-corrected chi connectivity index (χ0v) is 18.2. The molecule has 140 valence electrons. The quantitative estimate of drug-likeness (QED) is 0.427. The summed E-state index contributed by atoms with van der Waals surface area (Å²) in [6.45, 7) is 9.95. The molecular formula is C14H36N2O5Si2. The molecule has 0 bridgehead atoms. The molecule has 0 atom stereocenters. The molecule has 9 heteroatoms. The Labute approximate surface area is 144 Å². The molecule has 0 aliphatic carbocycles. The van der Waals surface area contributed by atoms with Gasteiger partial charge < -0.3 is 31.6 Å². The maximum Gasteiger partial charge on any atom is 0.508 e. The van der Waals surface area contributed by atoms with Crippen molar-refractivity contribution in [3.8, 4) is 0 Å². The summed E-state index contributed by atoms with van der Waals surface area (Å²) in [5.74, 6) is 0. The second-order valence-electron chi connectivity index (χ2n) is 5.68. The van der Waals surface area contributed by atoms with E-state index in [0.29, 0.717) is 38.8 Å². The van der Waals surface area contributed by atoms with Crippen LogP contribution in [0.2, 0.25) is 0 Å². The van der Waals surface area contributed by atoms with Crippen LogP contribution < -0.4 is 0 Å². The van der Waals surface area contributed by atoms with Crippen LogP contribution in [0.3, 0.4) is 0 Å². The molecule has 0 unspecified atom stereocenters. The molecule has 0 heterocycles. The molecular weight excluding hydrogens is 332 g/mol. The van der Waals surface area contributed by atoms with E-state index in [9.17, 15) is 0 Å². The van der Waals surface area contributed by atoms with E-state index < -0.39 is 17.6 Å². The van der Waals surface area contributed by atoms with Crippen LogP contribution in [-0.4, -0.2) is 94.4 Å². The standard InChI is InChI=1S/C14H36N2O5Si2/c1-9-17-22(18-10-2,13-15(5)6)21-23(19-11-3,20-12-4)14-16(7)8/h9-14H2,1-8H3. The van der Waals surface area contributed by atoms with Crippen molar-refractivity contribution in [1.82, 2.24) is 9.80 Å². The summed E-state index contributed by atoms with van der Waals surface area (Å²) >= 11 is 0. The van der Waals surface area contributed by atoms with E-state index in [1.807, 2.05) is 65.7 Å². The Bertz CT molecular complexity index is 269. The zero-order chi connectivity index (χ0) is 17.9. The van der Waals surface area contributed by atoms with Crippen molar-refractivity contribution in [3.05, 3.63) is 0 Å². The molecule has 0 rings (SSSR count). The van der Waals surface area contributed by atoms with Gasteiger partial charge in [0.1, 0.15) is 0 Å². The number of rotatable bonds is 14. The van der Waals surface area contributed by atoms with Crippen LogP contribution in [0.4, 0.5) is 0 Å². The maximum atomic E-state index is 6.51. The summed E-state index contributed by atoms with van der Waals surface area (Å²) < 4.78 is 30.6. The van der Waals surface area contributed by atoms with Crippen LogP contribution >= 0.6 is 0 Å².